The maximum Gasteiger partial charge on any atom is 0.120 e. The molecule has 3 nitrogen and oxygen atoms in total. The molecule has 2 fully saturated rings. The molecule has 2 atom stereocenters. The van der Waals surface area contributed by atoms with E-state index < -0.39 is 0 Å². The molecule has 0 radical (unpaired) electrons. The van der Waals surface area contributed by atoms with E-state index in [2.05, 4.69) is 12.1 Å². The minimum absolute atomic E-state index is 0.0504. The van der Waals surface area contributed by atoms with Crippen molar-refractivity contribution in [1.82, 2.24) is 0 Å². The van der Waals surface area contributed by atoms with Crippen LogP contribution in [0.5, 0.6) is 5.75 Å². The molecular weight excluding hydrogens is 250 g/mol. The Morgan fingerprint density at radius 2 is 2.15 bits per heavy atom. The Bertz CT molecular complexity index is 452. The summed E-state index contributed by atoms with van der Waals surface area (Å²) >= 11 is 0. The first-order valence-corrected chi connectivity index (χ1v) is 7.83. The summed E-state index contributed by atoms with van der Waals surface area (Å²) in [6, 6.07) is 8.23. The van der Waals surface area contributed by atoms with E-state index in [0.29, 0.717) is 0 Å². The summed E-state index contributed by atoms with van der Waals surface area (Å²) < 4.78 is 12.3. The Hall–Kier alpha value is -1.06. The quantitative estimate of drug-likeness (QED) is 0.917. The molecule has 1 saturated carbocycles. The predicted octanol–water partition coefficient (Wildman–Crippen LogP) is 3.58. The highest BCUT2D eigenvalue weighted by Gasteiger charge is 2.40. The summed E-state index contributed by atoms with van der Waals surface area (Å²) in [5.41, 5.74) is 7.18. The number of nitrogens with two attached hydrogens (primary N) is 1. The largest absolute Gasteiger partial charge is 0.490 e. The van der Waals surface area contributed by atoms with Gasteiger partial charge in [-0.1, -0.05) is 25.0 Å². The number of rotatable bonds is 3. The zero-order valence-corrected chi connectivity index (χ0v) is 12.3. The van der Waals surface area contributed by atoms with Gasteiger partial charge in [-0.3, -0.25) is 0 Å². The van der Waals surface area contributed by atoms with Gasteiger partial charge in [0, 0.05) is 18.9 Å². The van der Waals surface area contributed by atoms with Crippen molar-refractivity contribution in [2.45, 2.75) is 63.2 Å². The van der Waals surface area contributed by atoms with Gasteiger partial charge in [0.15, 0.2) is 0 Å². The van der Waals surface area contributed by atoms with Crippen molar-refractivity contribution in [3.8, 4) is 5.75 Å². The number of benzene rings is 1. The highest BCUT2D eigenvalue weighted by Crippen LogP contribution is 2.40. The Labute approximate surface area is 121 Å². The molecule has 20 heavy (non-hydrogen) atoms. The van der Waals surface area contributed by atoms with Gasteiger partial charge in [-0.2, -0.15) is 0 Å². The first-order valence-electron chi connectivity index (χ1n) is 7.83. The highest BCUT2D eigenvalue weighted by atomic mass is 16.5. The van der Waals surface area contributed by atoms with Crippen molar-refractivity contribution in [2.75, 3.05) is 6.61 Å². The second kappa shape index (κ2) is 5.74. The molecule has 1 saturated heterocycles. The monoisotopic (exact) mass is 275 g/mol. The van der Waals surface area contributed by atoms with E-state index in [1.807, 2.05) is 19.1 Å². The zero-order valence-electron chi connectivity index (χ0n) is 12.3. The lowest BCUT2D eigenvalue weighted by molar-refractivity contribution is -0.108. The van der Waals surface area contributed by atoms with Crippen LogP contribution in [0.4, 0.5) is 0 Å². The van der Waals surface area contributed by atoms with Crippen LogP contribution in [-0.4, -0.2) is 18.3 Å². The van der Waals surface area contributed by atoms with Gasteiger partial charge in [-0.15, -0.1) is 0 Å². The molecule has 2 N–H and O–H groups in total. The maximum atomic E-state index is 6.20. The van der Waals surface area contributed by atoms with Crippen molar-refractivity contribution < 1.29 is 9.47 Å². The predicted molar refractivity (Wildman–Crippen MR) is 79.8 cm³/mol. The first kappa shape index (κ1) is 13.9. The summed E-state index contributed by atoms with van der Waals surface area (Å²) in [6.45, 7) is 2.83. The highest BCUT2D eigenvalue weighted by molar-refractivity contribution is 5.30. The summed E-state index contributed by atoms with van der Waals surface area (Å²) in [5, 5.41) is 0. The van der Waals surface area contributed by atoms with E-state index in [9.17, 15) is 0 Å². The van der Waals surface area contributed by atoms with Crippen LogP contribution in [0.3, 0.4) is 0 Å². The lowest BCUT2D eigenvalue weighted by Crippen LogP contribution is -2.41. The molecule has 2 aliphatic rings. The van der Waals surface area contributed by atoms with Gasteiger partial charge < -0.3 is 15.2 Å². The fraction of sp³-hybridized carbons (Fsp3) is 0.647. The minimum Gasteiger partial charge on any atom is -0.490 e. The molecule has 1 spiro atoms. The molecule has 0 amide bonds. The van der Waals surface area contributed by atoms with Crippen molar-refractivity contribution in [2.24, 2.45) is 5.73 Å². The molecule has 3 heteroatoms. The van der Waals surface area contributed by atoms with Crippen LogP contribution in [0, 0.1) is 0 Å². The van der Waals surface area contributed by atoms with Gasteiger partial charge in [0.05, 0.1) is 12.2 Å². The second-order valence-corrected chi connectivity index (χ2v) is 6.33. The number of hydrogen-bond acceptors (Lipinski definition) is 3. The molecule has 1 unspecified atom stereocenters. The average Bonchev–Trinajstić information content (AvgIpc) is 2.87. The Morgan fingerprint density at radius 3 is 2.90 bits per heavy atom. The summed E-state index contributed by atoms with van der Waals surface area (Å²) in [5.74, 6) is 0.944. The molecule has 1 aliphatic carbocycles. The van der Waals surface area contributed by atoms with Gasteiger partial charge in [0.1, 0.15) is 11.9 Å². The third-order valence-electron chi connectivity index (χ3n) is 4.65. The summed E-state index contributed by atoms with van der Waals surface area (Å²) in [6.07, 6.45) is 7.31. The SMILES string of the molecule is C[C@H](N)c1cccc(OC2CCOC3(CCCC3)C2)c1. The minimum atomic E-state index is 0.0504. The van der Waals surface area contributed by atoms with E-state index >= 15 is 0 Å². The Morgan fingerprint density at radius 1 is 1.35 bits per heavy atom. The molecule has 110 valence electrons. The van der Waals surface area contributed by atoms with E-state index in [0.717, 1.165) is 30.8 Å². The summed E-state index contributed by atoms with van der Waals surface area (Å²) in [4.78, 5) is 0. The maximum absolute atomic E-state index is 6.20. The topological polar surface area (TPSA) is 44.5 Å². The van der Waals surface area contributed by atoms with Crippen molar-refractivity contribution in [1.29, 1.82) is 0 Å². The molecule has 1 aromatic rings. The molecule has 0 aromatic heterocycles. The van der Waals surface area contributed by atoms with Crippen LogP contribution in [0.1, 0.15) is 57.1 Å². The van der Waals surface area contributed by atoms with E-state index in [1.165, 1.54) is 25.7 Å². The van der Waals surface area contributed by atoms with Crippen molar-refractivity contribution >= 4 is 0 Å². The van der Waals surface area contributed by atoms with Gasteiger partial charge in [0.2, 0.25) is 0 Å². The average molecular weight is 275 g/mol. The molecule has 0 bridgehead atoms. The van der Waals surface area contributed by atoms with Gasteiger partial charge >= 0.3 is 0 Å². The first-order chi connectivity index (χ1) is 9.67. The lowest BCUT2D eigenvalue weighted by Gasteiger charge is -2.38. The van der Waals surface area contributed by atoms with Crippen molar-refractivity contribution in [3.05, 3.63) is 29.8 Å². The fourth-order valence-corrected chi connectivity index (χ4v) is 3.51. The molecule has 3 rings (SSSR count). The van der Waals surface area contributed by atoms with Crippen LogP contribution in [0.25, 0.3) is 0 Å². The van der Waals surface area contributed by atoms with Gasteiger partial charge in [-0.25, -0.2) is 0 Å². The van der Waals surface area contributed by atoms with E-state index in [4.69, 9.17) is 15.2 Å². The lowest BCUT2D eigenvalue weighted by atomic mass is 9.90. The van der Waals surface area contributed by atoms with E-state index in [1.54, 1.807) is 0 Å². The molecule has 1 heterocycles. The van der Waals surface area contributed by atoms with Crippen LogP contribution in [-0.2, 0) is 4.74 Å². The third-order valence-corrected chi connectivity index (χ3v) is 4.65. The standard InChI is InChI=1S/C17H25NO2/c1-13(18)14-5-4-6-15(11-14)20-16-7-10-19-17(12-16)8-2-3-9-17/h4-6,11,13,16H,2-3,7-10,12,18H2,1H3/t13-,16?/m0/s1. The molecule has 1 aliphatic heterocycles. The Balaban J connectivity index is 1.66. The fourth-order valence-electron chi connectivity index (χ4n) is 3.51. The van der Waals surface area contributed by atoms with Crippen LogP contribution < -0.4 is 10.5 Å². The van der Waals surface area contributed by atoms with E-state index in [-0.39, 0.29) is 17.7 Å². The number of hydrogen-bond donors (Lipinski definition) is 1. The third kappa shape index (κ3) is 2.99. The normalized spacial score (nSPS) is 26.6. The smallest absolute Gasteiger partial charge is 0.120 e. The molecular formula is C17H25NO2. The molecule has 1 aromatic carbocycles. The van der Waals surface area contributed by atoms with Crippen molar-refractivity contribution in [3.63, 3.8) is 0 Å². The van der Waals surface area contributed by atoms with Crippen LogP contribution >= 0.6 is 0 Å². The van der Waals surface area contributed by atoms with Gasteiger partial charge in [-0.05, 0) is 37.5 Å². The van der Waals surface area contributed by atoms with Crippen LogP contribution in [0.15, 0.2) is 24.3 Å². The number of ether oxygens (including phenoxy) is 2. The zero-order chi connectivity index (χ0) is 14.0. The second-order valence-electron chi connectivity index (χ2n) is 6.33. The summed E-state index contributed by atoms with van der Waals surface area (Å²) in [7, 11) is 0. The van der Waals surface area contributed by atoms with Gasteiger partial charge in [0.25, 0.3) is 0 Å². The van der Waals surface area contributed by atoms with Crippen LogP contribution in [0.2, 0.25) is 0 Å². The Kier molecular flexibility index (Phi) is 3.99.